The molecule has 0 radical (unpaired) electrons. The van der Waals surface area contributed by atoms with E-state index in [2.05, 4.69) is 0 Å². The molecule has 0 heterocycles. The van der Waals surface area contributed by atoms with Crippen molar-refractivity contribution in [2.24, 2.45) is 0 Å². The maximum Gasteiger partial charge on any atom is 0.185 e. The average molecular weight is 90.1 g/mol. The van der Waals surface area contributed by atoms with Gasteiger partial charge in [-0.1, -0.05) is 0 Å². The second kappa shape index (κ2) is 2.16. The molecule has 0 spiro atoms. The van der Waals surface area contributed by atoms with Crippen LogP contribution in [-0.2, 0) is 0 Å². The predicted molar refractivity (Wildman–Crippen MR) is 24.5 cm³/mol. The Morgan fingerprint density at radius 2 is 1.67 bits per heavy atom. The van der Waals surface area contributed by atoms with E-state index in [0.29, 0.717) is 0 Å². The molecule has 0 rings (SSSR count). The largest absolute Gasteiger partial charge is 0.345 e. The summed E-state index contributed by atoms with van der Waals surface area (Å²) in [5, 5.41) is 8.59. The molecule has 0 amide bonds. The summed E-state index contributed by atoms with van der Waals surface area (Å²) in [5.41, 5.74) is 0. The van der Waals surface area contributed by atoms with Gasteiger partial charge in [-0.2, -0.15) is 0 Å². The molecular formula is C4H12NO+. The van der Waals surface area contributed by atoms with Gasteiger partial charge in [0.1, 0.15) is 0 Å². The monoisotopic (exact) mass is 90.1 g/mol. The molecule has 1 atom stereocenters. The van der Waals surface area contributed by atoms with Crippen molar-refractivity contribution in [3.8, 4) is 0 Å². The van der Waals surface area contributed by atoms with E-state index in [0.717, 1.165) is 4.90 Å². The molecule has 6 heavy (non-hydrogen) atoms. The standard InChI is InChI=1S/C4H11NO/c1-4(6)5(2)3/h4,6H,1-3H3/p+1. The van der Waals surface area contributed by atoms with Crippen LogP contribution in [-0.4, -0.2) is 25.4 Å². The maximum atomic E-state index is 8.59. The van der Waals surface area contributed by atoms with Crippen LogP contribution in [0.1, 0.15) is 6.92 Å². The molecule has 2 N–H and O–H groups in total. The molecule has 0 saturated heterocycles. The zero-order valence-corrected chi connectivity index (χ0v) is 4.52. The van der Waals surface area contributed by atoms with Crippen LogP contribution in [0.3, 0.4) is 0 Å². The van der Waals surface area contributed by atoms with Crippen molar-refractivity contribution in [2.75, 3.05) is 14.1 Å². The van der Waals surface area contributed by atoms with E-state index < -0.39 is 0 Å². The Hall–Kier alpha value is -0.0800. The second-order valence-corrected chi connectivity index (χ2v) is 1.75. The lowest BCUT2D eigenvalue weighted by molar-refractivity contribution is -0.907. The number of aliphatic hydroxyl groups excluding tert-OH is 1. The quantitative estimate of drug-likeness (QED) is 0.375. The first-order valence-corrected chi connectivity index (χ1v) is 2.12. The molecule has 0 saturated carbocycles. The van der Waals surface area contributed by atoms with Gasteiger partial charge in [0.25, 0.3) is 0 Å². The Balaban J connectivity index is 2.99. The van der Waals surface area contributed by atoms with Crippen LogP contribution in [0.5, 0.6) is 0 Å². The Kier molecular flexibility index (Phi) is 2.13. The van der Waals surface area contributed by atoms with Gasteiger partial charge in [0, 0.05) is 6.92 Å². The van der Waals surface area contributed by atoms with E-state index in [1.165, 1.54) is 0 Å². The number of quaternary nitrogens is 1. The van der Waals surface area contributed by atoms with Crippen molar-refractivity contribution in [3.63, 3.8) is 0 Å². The molecule has 1 unspecified atom stereocenters. The number of hydrogen-bond acceptors (Lipinski definition) is 1. The first-order valence-electron chi connectivity index (χ1n) is 2.12. The third-order valence-corrected chi connectivity index (χ3v) is 0.836. The van der Waals surface area contributed by atoms with E-state index in [1.54, 1.807) is 6.92 Å². The molecule has 0 aliphatic heterocycles. The highest BCUT2D eigenvalue weighted by Crippen LogP contribution is 1.52. The van der Waals surface area contributed by atoms with Gasteiger partial charge in [-0.25, -0.2) is 0 Å². The normalized spacial score (nSPS) is 15.5. The van der Waals surface area contributed by atoms with Gasteiger partial charge in [-0.3, -0.25) is 0 Å². The Morgan fingerprint density at radius 1 is 1.50 bits per heavy atom. The summed E-state index contributed by atoms with van der Waals surface area (Å²) in [6.07, 6.45) is -0.231. The minimum Gasteiger partial charge on any atom is -0.345 e. The average Bonchev–Trinajstić information content (AvgIpc) is 1.36. The third kappa shape index (κ3) is 2.18. The van der Waals surface area contributed by atoms with Crippen LogP contribution < -0.4 is 4.90 Å². The zero-order valence-electron chi connectivity index (χ0n) is 4.52. The summed E-state index contributed by atoms with van der Waals surface area (Å²) in [6, 6.07) is 0. The highest BCUT2D eigenvalue weighted by molar-refractivity contribution is 4.07. The summed E-state index contributed by atoms with van der Waals surface area (Å²) in [6.45, 7) is 1.76. The van der Waals surface area contributed by atoms with Crippen LogP contribution in [0.25, 0.3) is 0 Å². The van der Waals surface area contributed by atoms with Crippen LogP contribution in [0.2, 0.25) is 0 Å². The van der Waals surface area contributed by atoms with Crippen molar-refractivity contribution in [3.05, 3.63) is 0 Å². The van der Waals surface area contributed by atoms with Crippen LogP contribution in [0, 0.1) is 0 Å². The fourth-order valence-electron chi connectivity index (χ4n) is 0. The molecular weight excluding hydrogens is 78.0 g/mol. The van der Waals surface area contributed by atoms with Crippen molar-refractivity contribution in [1.29, 1.82) is 0 Å². The number of nitrogens with one attached hydrogen (secondary N) is 1. The van der Waals surface area contributed by atoms with Crippen LogP contribution in [0.4, 0.5) is 0 Å². The molecule has 0 aromatic rings. The van der Waals surface area contributed by atoms with E-state index in [-0.39, 0.29) is 6.23 Å². The highest BCUT2D eigenvalue weighted by atomic mass is 16.3. The van der Waals surface area contributed by atoms with Gasteiger partial charge in [-0.05, 0) is 0 Å². The first kappa shape index (κ1) is 5.92. The summed E-state index contributed by atoms with van der Waals surface area (Å²) in [5.74, 6) is 0. The summed E-state index contributed by atoms with van der Waals surface area (Å²) >= 11 is 0. The van der Waals surface area contributed by atoms with E-state index in [9.17, 15) is 0 Å². The molecule has 0 aromatic carbocycles. The van der Waals surface area contributed by atoms with Gasteiger partial charge in [0.15, 0.2) is 6.23 Å². The fraction of sp³-hybridized carbons (Fsp3) is 1.00. The predicted octanol–water partition coefficient (Wildman–Crippen LogP) is -1.53. The van der Waals surface area contributed by atoms with Crippen molar-refractivity contribution in [2.45, 2.75) is 13.2 Å². The van der Waals surface area contributed by atoms with Crippen LogP contribution in [0.15, 0.2) is 0 Å². The highest BCUT2D eigenvalue weighted by Gasteiger charge is 1.96. The van der Waals surface area contributed by atoms with Crippen molar-refractivity contribution >= 4 is 0 Å². The third-order valence-electron chi connectivity index (χ3n) is 0.836. The van der Waals surface area contributed by atoms with Gasteiger partial charge < -0.3 is 10.0 Å². The molecule has 0 aliphatic carbocycles. The minimum absolute atomic E-state index is 0.231. The summed E-state index contributed by atoms with van der Waals surface area (Å²) < 4.78 is 0. The van der Waals surface area contributed by atoms with E-state index >= 15 is 0 Å². The molecule has 0 aliphatic rings. The SMILES string of the molecule is CC(O)[NH+](C)C. The lowest BCUT2D eigenvalue weighted by Crippen LogP contribution is -3.09. The number of hydrogen-bond donors (Lipinski definition) is 2. The number of aliphatic hydroxyl groups is 1. The molecule has 0 aromatic heterocycles. The molecule has 0 fully saturated rings. The zero-order chi connectivity index (χ0) is 5.15. The lowest BCUT2D eigenvalue weighted by atomic mass is 10.6. The second-order valence-electron chi connectivity index (χ2n) is 1.75. The molecule has 38 valence electrons. The van der Waals surface area contributed by atoms with Gasteiger partial charge >= 0.3 is 0 Å². The fourth-order valence-corrected chi connectivity index (χ4v) is 0. The Bertz CT molecular complexity index is 28.5. The smallest absolute Gasteiger partial charge is 0.185 e. The minimum atomic E-state index is -0.231. The van der Waals surface area contributed by atoms with Gasteiger partial charge in [-0.15, -0.1) is 0 Å². The lowest BCUT2D eigenvalue weighted by Gasteiger charge is -2.08. The summed E-state index contributed by atoms with van der Waals surface area (Å²) in [7, 11) is 3.81. The Morgan fingerprint density at radius 3 is 1.67 bits per heavy atom. The van der Waals surface area contributed by atoms with Gasteiger partial charge in [0.05, 0.1) is 14.1 Å². The topological polar surface area (TPSA) is 24.7 Å². The first-order chi connectivity index (χ1) is 2.64. The van der Waals surface area contributed by atoms with E-state index in [1.807, 2.05) is 14.1 Å². The van der Waals surface area contributed by atoms with Crippen LogP contribution >= 0.6 is 0 Å². The number of rotatable bonds is 1. The van der Waals surface area contributed by atoms with Crippen molar-refractivity contribution < 1.29 is 10.0 Å². The van der Waals surface area contributed by atoms with Gasteiger partial charge in [0.2, 0.25) is 0 Å². The summed E-state index contributed by atoms with van der Waals surface area (Å²) in [4.78, 5) is 1.06. The van der Waals surface area contributed by atoms with E-state index in [4.69, 9.17) is 5.11 Å². The molecule has 0 bridgehead atoms. The molecule has 2 heteroatoms. The van der Waals surface area contributed by atoms with Crippen molar-refractivity contribution in [1.82, 2.24) is 0 Å². The maximum absolute atomic E-state index is 8.59. The molecule has 2 nitrogen and oxygen atoms in total. The Labute approximate surface area is 38.4 Å².